The van der Waals surface area contributed by atoms with Gasteiger partial charge in [0.25, 0.3) is 5.69 Å². The average molecular weight is 531 g/mol. The number of carboxylic acids is 2. The van der Waals surface area contributed by atoms with Crippen molar-refractivity contribution >= 4 is 17.6 Å². The van der Waals surface area contributed by atoms with Gasteiger partial charge in [0, 0.05) is 89.3 Å². The number of aromatic nitrogens is 1. The van der Waals surface area contributed by atoms with Crippen LogP contribution in [0.15, 0.2) is 42.6 Å². The van der Waals surface area contributed by atoms with Crippen LogP contribution in [0.25, 0.3) is 0 Å². The molecule has 3 N–H and O–H groups in total. The number of hydrogen-bond acceptors (Lipinski definition) is 10. The standard InChI is InChI=1S/C25H34N6O7/c32-23-5-4-22(31(37)38)15-20(23)16-27-7-11-29(18-24(33)34)13-9-28(17-21-3-1-2-6-26-21)10-14-30(12-8-27)19-25(35)36/h1-6,15,32H,7-14,16-19H2,(H,33,34)(H,35,36). The fourth-order valence-corrected chi connectivity index (χ4v) is 4.37. The molecule has 0 spiro atoms. The highest BCUT2D eigenvalue weighted by Gasteiger charge is 2.21. The van der Waals surface area contributed by atoms with Crippen molar-refractivity contribution < 1.29 is 29.8 Å². The van der Waals surface area contributed by atoms with Gasteiger partial charge in [-0.05, 0) is 18.2 Å². The molecule has 206 valence electrons. The first-order chi connectivity index (χ1) is 18.2. The number of hydrogen-bond donors (Lipinski definition) is 3. The number of phenols is 1. The Balaban J connectivity index is 1.79. The molecule has 1 aromatic carbocycles. The van der Waals surface area contributed by atoms with Gasteiger partial charge >= 0.3 is 11.9 Å². The number of carboxylic acid groups (broad SMARTS) is 2. The van der Waals surface area contributed by atoms with Crippen LogP contribution in [0, 0.1) is 10.1 Å². The summed E-state index contributed by atoms with van der Waals surface area (Å²) in [6, 6.07) is 9.50. The lowest BCUT2D eigenvalue weighted by Crippen LogP contribution is -2.47. The van der Waals surface area contributed by atoms with E-state index in [-0.39, 0.29) is 31.1 Å². The molecule has 2 aromatic rings. The Morgan fingerprint density at radius 3 is 1.82 bits per heavy atom. The third kappa shape index (κ3) is 9.67. The van der Waals surface area contributed by atoms with Crippen molar-refractivity contribution in [3.8, 4) is 5.75 Å². The third-order valence-corrected chi connectivity index (χ3v) is 6.43. The quantitative estimate of drug-likeness (QED) is 0.309. The molecule has 1 aromatic heterocycles. The van der Waals surface area contributed by atoms with Gasteiger partial charge in [0.1, 0.15) is 5.75 Å². The Bertz CT molecular complexity index is 1060. The molecule has 0 radical (unpaired) electrons. The Morgan fingerprint density at radius 2 is 1.34 bits per heavy atom. The molecule has 13 nitrogen and oxygen atoms in total. The molecular weight excluding hydrogens is 496 g/mol. The fraction of sp³-hybridized carbons (Fsp3) is 0.480. The van der Waals surface area contributed by atoms with E-state index in [2.05, 4.69) is 9.88 Å². The van der Waals surface area contributed by atoms with Crippen molar-refractivity contribution in [2.45, 2.75) is 13.1 Å². The Labute approximate surface area is 220 Å². The number of non-ortho nitro benzene ring substituents is 1. The van der Waals surface area contributed by atoms with E-state index >= 15 is 0 Å². The molecule has 1 fully saturated rings. The highest BCUT2D eigenvalue weighted by molar-refractivity contribution is 5.69. The molecule has 13 heteroatoms. The van der Waals surface area contributed by atoms with Crippen LogP contribution in [0.5, 0.6) is 5.75 Å². The molecule has 0 saturated carbocycles. The van der Waals surface area contributed by atoms with Gasteiger partial charge in [-0.25, -0.2) is 0 Å². The van der Waals surface area contributed by atoms with E-state index in [0.717, 1.165) is 5.69 Å². The molecule has 1 aliphatic rings. The predicted octanol–water partition coefficient (Wildman–Crippen LogP) is 0.786. The zero-order chi connectivity index (χ0) is 27.5. The maximum Gasteiger partial charge on any atom is 0.317 e. The molecule has 3 rings (SSSR count). The van der Waals surface area contributed by atoms with Gasteiger partial charge < -0.3 is 15.3 Å². The second-order valence-corrected chi connectivity index (χ2v) is 9.28. The van der Waals surface area contributed by atoms with Crippen LogP contribution in [0.2, 0.25) is 0 Å². The normalized spacial score (nSPS) is 17.4. The Morgan fingerprint density at radius 1 is 0.816 bits per heavy atom. The molecular formula is C25H34N6O7. The average Bonchev–Trinajstić information content (AvgIpc) is 2.86. The third-order valence-electron chi connectivity index (χ3n) is 6.43. The summed E-state index contributed by atoms with van der Waals surface area (Å²) in [7, 11) is 0. The molecule has 0 amide bonds. The number of nitro benzene ring substituents is 1. The summed E-state index contributed by atoms with van der Waals surface area (Å²) in [6.07, 6.45) is 1.72. The minimum atomic E-state index is -0.941. The predicted molar refractivity (Wildman–Crippen MR) is 138 cm³/mol. The summed E-state index contributed by atoms with van der Waals surface area (Å²) in [5.74, 6) is -1.95. The molecule has 1 saturated heterocycles. The smallest absolute Gasteiger partial charge is 0.317 e. The van der Waals surface area contributed by atoms with Gasteiger partial charge in [-0.15, -0.1) is 0 Å². The van der Waals surface area contributed by atoms with Gasteiger partial charge in [-0.1, -0.05) is 6.07 Å². The van der Waals surface area contributed by atoms with E-state index in [0.29, 0.717) is 64.5 Å². The minimum absolute atomic E-state index is 0.0725. The summed E-state index contributed by atoms with van der Waals surface area (Å²) in [6.45, 7) is 4.25. The van der Waals surface area contributed by atoms with E-state index in [4.69, 9.17) is 0 Å². The fourth-order valence-electron chi connectivity index (χ4n) is 4.37. The second-order valence-electron chi connectivity index (χ2n) is 9.28. The molecule has 38 heavy (non-hydrogen) atoms. The van der Waals surface area contributed by atoms with Crippen molar-refractivity contribution in [2.75, 3.05) is 65.4 Å². The lowest BCUT2D eigenvalue weighted by molar-refractivity contribution is -0.385. The van der Waals surface area contributed by atoms with Crippen LogP contribution in [0.1, 0.15) is 11.3 Å². The Kier molecular flexibility index (Phi) is 10.9. The van der Waals surface area contributed by atoms with E-state index in [1.165, 1.54) is 18.2 Å². The first kappa shape index (κ1) is 28.9. The number of nitro groups is 1. The van der Waals surface area contributed by atoms with E-state index in [1.54, 1.807) is 6.20 Å². The van der Waals surface area contributed by atoms with Crippen LogP contribution in [0.4, 0.5) is 5.69 Å². The van der Waals surface area contributed by atoms with Crippen LogP contribution >= 0.6 is 0 Å². The molecule has 0 unspecified atom stereocenters. The summed E-state index contributed by atoms with van der Waals surface area (Å²) in [5, 5.41) is 40.4. The van der Waals surface area contributed by atoms with Crippen molar-refractivity contribution in [1.29, 1.82) is 0 Å². The monoisotopic (exact) mass is 530 g/mol. The lowest BCUT2D eigenvalue weighted by Gasteiger charge is -2.33. The summed E-state index contributed by atoms with van der Waals surface area (Å²) < 4.78 is 0. The van der Waals surface area contributed by atoms with Crippen LogP contribution in [-0.4, -0.2) is 122 Å². The SMILES string of the molecule is O=C(O)CN1CCN(Cc2ccccn2)CCN(CC(=O)O)CCN(Cc2cc([N+](=O)[O-])ccc2O)CC1. The molecule has 0 aliphatic carbocycles. The minimum Gasteiger partial charge on any atom is -0.508 e. The van der Waals surface area contributed by atoms with E-state index in [1.807, 2.05) is 32.9 Å². The number of benzene rings is 1. The summed E-state index contributed by atoms with van der Waals surface area (Å²) in [4.78, 5) is 45.9. The maximum absolute atomic E-state index is 11.5. The van der Waals surface area contributed by atoms with Crippen molar-refractivity contribution in [1.82, 2.24) is 24.6 Å². The van der Waals surface area contributed by atoms with Crippen LogP contribution in [0.3, 0.4) is 0 Å². The van der Waals surface area contributed by atoms with Crippen molar-refractivity contribution in [3.05, 3.63) is 64.0 Å². The zero-order valence-corrected chi connectivity index (χ0v) is 21.2. The molecule has 0 atom stereocenters. The van der Waals surface area contributed by atoms with E-state index < -0.39 is 16.9 Å². The van der Waals surface area contributed by atoms with Gasteiger partial charge in [0.15, 0.2) is 0 Å². The molecule has 2 heterocycles. The maximum atomic E-state index is 11.5. The van der Waals surface area contributed by atoms with Crippen LogP contribution in [-0.2, 0) is 22.7 Å². The first-order valence-corrected chi connectivity index (χ1v) is 12.4. The van der Waals surface area contributed by atoms with Gasteiger partial charge in [0.05, 0.1) is 23.7 Å². The van der Waals surface area contributed by atoms with Crippen LogP contribution < -0.4 is 0 Å². The Hall–Kier alpha value is -3.65. The van der Waals surface area contributed by atoms with Gasteiger partial charge in [-0.3, -0.25) is 44.3 Å². The number of aliphatic carboxylic acids is 2. The number of nitrogens with zero attached hydrogens (tertiary/aromatic N) is 6. The highest BCUT2D eigenvalue weighted by Crippen LogP contribution is 2.24. The number of rotatable bonds is 9. The second kappa shape index (κ2) is 14.3. The molecule has 0 bridgehead atoms. The zero-order valence-electron chi connectivity index (χ0n) is 21.2. The summed E-state index contributed by atoms with van der Waals surface area (Å²) >= 11 is 0. The van der Waals surface area contributed by atoms with E-state index in [9.17, 15) is 35.0 Å². The van der Waals surface area contributed by atoms with Crippen molar-refractivity contribution in [3.63, 3.8) is 0 Å². The number of carbonyl (C=O) groups is 2. The largest absolute Gasteiger partial charge is 0.508 e. The number of pyridine rings is 1. The van der Waals surface area contributed by atoms with Crippen molar-refractivity contribution in [2.24, 2.45) is 0 Å². The lowest BCUT2D eigenvalue weighted by atomic mass is 10.1. The number of aromatic hydroxyl groups is 1. The number of phenolic OH excluding ortho intramolecular Hbond substituents is 1. The first-order valence-electron chi connectivity index (χ1n) is 12.4. The highest BCUT2D eigenvalue weighted by atomic mass is 16.6. The molecule has 1 aliphatic heterocycles. The summed E-state index contributed by atoms with van der Waals surface area (Å²) in [5.41, 5.74) is 1.11. The van der Waals surface area contributed by atoms with Gasteiger partial charge in [0.2, 0.25) is 0 Å². The topological polar surface area (TPSA) is 164 Å². The van der Waals surface area contributed by atoms with Gasteiger partial charge in [-0.2, -0.15) is 0 Å².